The van der Waals surface area contributed by atoms with Gasteiger partial charge in [-0.1, -0.05) is 199 Å². The highest BCUT2D eigenvalue weighted by molar-refractivity contribution is 5.87. The predicted octanol–water partition coefficient (Wildman–Crippen LogP) is 16.0. The van der Waals surface area contributed by atoms with E-state index in [1.54, 1.807) is 5.56 Å². The van der Waals surface area contributed by atoms with Gasteiger partial charge in [-0.05, 0) is 130 Å². The maximum absolute atomic E-state index is 3.74. The van der Waals surface area contributed by atoms with E-state index in [-0.39, 0.29) is 10.8 Å². The van der Waals surface area contributed by atoms with Crippen molar-refractivity contribution in [2.24, 2.45) is 0 Å². The molecule has 56 heavy (non-hydrogen) atoms. The monoisotopic (exact) mass is 732 g/mol. The molecule has 0 saturated heterocycles. The number of allylic oxidation sites excluding steroid dienone is 2. The van der Waals surface area contributed by atoms with Gasteiger partial charge in [-0.2, -0.15) is 0 Å². The topological polar surface area (TPSA) is 0 Å². The molecule has 0 heteroatoms. The second kappa shape index (κ2) is 15.7. The van der Waals surface area contributed by atoms with Crippen LogP contribution in [0.1, 0.15) is 117 Å². The third-order valence-corrected chi connectivity index (χ3v) is 12.8. The van der Waals surface area contributed by atoms with Gasteiger partial charge < -0.3 is 0 Å². The molecule has 0 unspecified atom stereocenters. The standard InChI is InChI=1S/C33H32.C16H16.C7H12/c1-21-15-17-27-28-18-16-24(20-31(28)33(3,4)30(27)19-21)26-13-8-14-29(32(26)23-10-7-11-23)25-12-6-5-9-22(25)2;1-11-8-9-13-12-6-4-5-7-14(12)16(2,3)15(13)10-11;1-4-6-7(3)5-2/h5-6,8-9,12-20,23H,7,10-11H2,1-4H3;4-10H,1-3H3;5H,2-4,6H2,1H3. The molecule has 0 amide bonds. The van der Waals surface area contributed by atoms with Gasteiger partial charge in [0.05, 0.1) is 0 Å². The summed E-state index contributed by atoms with van der Waals surface area (Å²) >= 11 is 0. The van der Waals surface area contributed by atoms with Crippen LogP contribution in [0, 0.1) is 20.8 Å². The summed E-state index contributed by atoms with van der Waals surface area (Å²) in [6, 6.07) is 45.5. The fourth-order valence-electron chi connectivity index (χ4n) is 9.32. The van der Waals surface area contributed by atoms with E-state index in [0.717, 1.165) is 12.0 Å². The Kier molecular flexibility index (Phi) is 11.0. The number of aryl methyl sites for hydroxylation is 3. The molecule has 284 valence electrons. The van der Waals surface area contributed by atoms with Gasteiger partial charge in [0.25, 0.3) is 0 Å². The van der Waals surface area contributed by atoms with Gasteiger partial charge in [-0.25, -0.2) is 0 Å². The van der Waals surface area contributed by atoms with Crippen molar-refractivity contribution in [2.45, 2.75) is 104 Å². The van der Waals surface area contributed by atoms with Crippen LogP contribution in [0.4, 0.5) is 0 Å². The average molecular weight is 733 g/mol. The number of hydrogen-bond donors (Lipinski definition) is 0. The van der Waals surface area contributed by atoms with Crippen molar-refractivity contribution in [1.82, 2.24) is 0 Å². The first kappa shape index (κ1) is 39.1. The minimum Gasteiger partial charge on any atom is -0.0988 e. The van der Waals surface area contributed by atoms with Crippen LogP contribution in [0.25, 0.3) is 44.5 Å². The molecule has 1 saturated carbocycles. The molecule has 0 spiro atoms. The minimum atomic E-state index is 0.0248. The molecule has 3 aliphatic carbocycles. The number of rotatable bonds is 6. The molecule has 0 heterocycles. The lowest BCUT2D eigenvalue weighted by Gasteiger charge is -2.31. The van der Waals surface area contributed by atoms with E-state index in [2.05, 4.69) is 190 Å². The van der Waals surface area contributed by atoms with Crippen molar-refractivity contribution in [3.05, 3.63) is 191 Å². The van der Waals surface area contributed by atoms with Crippen molar-refractivity contribution in [3.63, 3.8) is 0 Å². The Hall–Kier alpha value is -5.20. The van der Waals surface area contributed by atoms with Crippen LogP contribution in [-0.2, 0) is 10.8 Å². The van der Waals surface area contributed by atoms with Crippen LogP contribution in [-0.4, -0.2) is 0 Å². The van der Waals surface area contributed by atoms with Crippen molar-refractivity contribution < 1.29 is 0 Å². The Bertz CT molecular complexity index is 2420. The normalized spacial score (nSPS) is 15.1. The molecule has 6 aromatic rings. The summed E-state index contributed by atoms with van der Waals surface area (Å²) in [6.07, 6.45) is 8.02. The fraction of sp³-hybridized carbons (Fsp3) is 0.286. The maximum atomic E-state index is 3.74. The first-order valence-corrected chi connectivity index (χ1v) is 20.8. The smallest absolute Gasteiger partial charge is 0.0159 e. The van der Waals surface area contributed by atoms with Crippen LogP contribution in [0.3, 0.4) is 0 Å². The molecule has 0 aliphatic heterocycles. The highest BCUT2D eigenvalue weighted by Gasteiger charge is 2.37. The zero-order valence-electron chi connectivity index (χ0n) is 35.2. The van der Waals surface area contributed by atoms with E-state index in [9.17, 15) is 0 Å². The van der Waals surface area contributed by atoms with E-state index in [0.29, 0.717) is 5.92 Å². The SMILES string of the molecule is C=CC(=C)CCC.Cc1ccc2c(c1)C(C)(C)c1cc(-c3cccc(-c4ccccc4C)c3C3CCC3)ccc1-2.Cc1ccc2c(c1)C(C)(C)c1ccccc1-2. The van der Waals surface area contributed by atoms with Gasteiger partial charge in [0.1, 0.15) is 0 Å². The molecule has 9 rings (SSSR count). The van der Waals surface area contributed by atoms with Crippen LogP contribution >= 0.6 is 0 Å². The molecule has 0 N–H and O–H groups in total. The Morgan fingerprint density at radius 3 is 1.62 bits per heavy atom. The van der Waals surface area contributed by atoms with Crippen molar-refractivity contribution in [2.75, 3.05) is 0 Å². The quantitative estimate of drug-likeness (QED) is 0.150. The van der Waals surface area contributed by atoms with E-state index in [1.807, 2.05) is 6.08 Å². The predicted molar refractivity (Wildman–Crippen MR) is 244 cm³/mol. The third kappa shape index (κ3) is 7.16. The van der Waals surface area contributed by atoms with Crippen LogP contribution < -0.4 is 0 Å². The average Bonchev–Trinajstić information content (AvgIpc) is 3.53. The minimum absolute atomic E-state index is 0.0248. The molecule has 3 aliphatic rings. The molecule has 6 aromatic carbocycles. The van der Waals surface area contributed by atoms with Gasteiger partial charge >= 0.3 is 0 Å². The van der Waals surface area contributed by atoms with E-state index in [1.165, 1.54) is 109 Å². The Labute approximate surface area is 338 Å². The number of hydrogen-bond acceptors (Lipinski definition) is 0. The summed E-state index contributed by atoms with van der Waals surface area (Å²) in [6.45, 7) is 25.5. The second-order valence-corrected chi connectivity index (χ2v) is 17.5. The zero-order valence-corrected chi connectivity index (χ0v) is 35.2. The summed E-state index contributed by atoms with van der Waals surface area (Å²) < 4.78 is 0. The van der Waals surface area contributed by atoms with Crippen molar-refractivity contribution in [3.8, 4) is 44.5 Å². The molecule has 0 aromatic heterocycles. The highest BCUT2D eigenvalue weighted by Crippen LogP contribution is 2.52. The molecule has 1 fully saturated rings. The van der Waals surface area contributed by atoms with Gasteiger partial charge in [0, 0.05) is 10.8 Å². The van der Waals surface area contributed by atoms with Crippen molar-refractivity contribution in [1.29, 1.82) is 0 Å². The summed E-state index contributed by atoms with van der Waals surface area (Å²) in [5.74, 6) is 0.664. The molecular formula is C56H60. The Balaban J connectivity index is 0.000000172. The molecule has 0 nitrogen and oxygen atoms in total. The lowest BCUT2D eigenvalue weighted by atomic mass is 9.73. The largest absolute Gasteiger partial charge is 0.0988 e. The summed E-state index contributed by atoms with van der Waals surface area (Å²) in [5.41, 5.74) is 24.0. The van der Waals surface area contributed by atoms with Crippen LogP contribution in [0.2, 0.25) is 0 Å². The number of benzene rings is 6. The van der Waals surface area contributed by atoms with Gasteiger partial charge in [0.2, 0.25) is 0 Å². The van der Waals surface area contributed by atoms with Crippen LogP contribution in [0.15, 0.2) is 146 Å². The van der Waals surface area contributed by atoms with Gasteiger partial charge in [0.15, 0.2) is 0 Å². The number of fused-ring (bicyclic) bond motifs is 6. The summed E-state index contributed by atoms with van der Waals surface area (Å²) in [7, 11) is 0. The van der Waals surface area contributed by atoms with E-state index >= 15 is 0 Å². The first-order chi connectivity index (χ1) is 26.9. The second-order valence-electron chi connectivity index (χ2n) is 17.5. The van der Waals surface area contributed by atoms with E-state index in [4.69, 9.17) is 0 Å². The molecule has 0 atom stereocenters. The van der Waals surface area contributed by atoms with Crippen LogP contribution in [0.5, 0.6) is 0 Å². The summed E-state index contributed by atoms with van der Waals surface area (Å²) in [4.78, 5) is 0. The lowest BCUT2D eigenvalue weighted by Crippen LogP contribution is -2.15. The third-order valence-electron chi connectivity index (χ3n) is 12.8. The first-order valence-electron chi connectivity index (χ1n) is 20.8. The van der Waals surface area contributed by atoms with Crippen molar-refractivity contribution >= 4 is 0 Å². The molecule has 0 bridgehead atoms. The highest BCUT2D eigenvalue weighted by atomic mass is 14.4. The Morgan fingerprint density at radius 1 is 0.571 bits per heavy atom. The van der Waals surface area contributed by atoms with E-state index < -0.39 is 0 Å². The Morgan fingerprint density at radius 2 is 1.07 bits per heavy atom. The molecular weight excluding hydrogens is 673 g/mol. The zero-order chi connectivity index (χ0) is 39.8. The fourth-order valence-corrected chi connectivity index (χ4v) is 9.32. The summed E-state index contributed by atoms with van der Waals surface area (Å²) in [5, 5.41) is 0. The van der Waals surface area contributed by atoms with Gasteiger partial charge in [-0.15, -0.1) is 0 Å². The molecule has 0 radical (unpaired) electrons. The maximum Gasteiger partial charge on any atom is 0.0159 e. The lowest BCUT2D eigenvalue weighted by molar-refractivity contribution is 0.421. The van der Waals surface area contributed by atoms with Gasteiger partial charge in [-0.3, -0.25) is 0 Å².